The van der Waals surface area contributed by atoms with Gasteiger partial charge in [0.2, 0.25) is 11.8 Å². The van der Waals surface area contributed by atoms with E-state index in [1.807, 2.05) is 13.8 Å². The molecule has 1 aliphatic rings. The summed E-state index contributed by atoms with van der Waals surface area (Å²) < 4.78 is 10.3. The molecule has 20 heavy (non-hydrogen) atoms. The molecule has 108 valence electrons. The zero-order chi connectivity index (χ0) is 14.7. The maximum absolute atomic E-state index is 11.9. The molecule has 0 atom stereocenters. The SMILES string of the molecule is CCOC(=O)C=C1SCC(=O)N1Cc1nc(C)c(C)o1. The minimum absolute atomic E-state index is 0.0703. The van der Waals surface area contributed by atoms with Crippen LogP contribution in [0.1, 0.15) is 24.3 Å². The number of thioether (sulfide) groups is 1. The van der Waals surface area contributed by atoms with Crippen LogP contribution in [0, 0.1) is 13.8 Å². The summed E-state index contributed by atoms with van der Waals surface area (Å²) in [5.41, 5.74) is 0.801. The standard InChI is InChI=1S/C13H16N2O4S/c1-4-18-13(17)5-12-15(11(16)7-20-12)6-10-14-8(2)9(3)19-10/h5H,4,6-7H2,1-3H3. The molecule has 7 heteroatoms. The molecule has 0 aliphatic carbocycles. The first kappa shape index (κ1) is 14.6. The Bertz CT molecular complexity index is 545. The van der Waals surface area contributed by atoms with Gasteiger partial charge in [0.05, 0.1) is 29.2 Å². The molecule has 1 aromatic heterocycles. The Morgan fingerprint density at radius 2 is 2.30 bits per heavy atom. The monoisotopic (exact) mass is 296 g/mol. The number of amides is 1. The molecule has 0 N–H and O–H groups in total. The molecule has 0 unspecified atom stereocenters. The predicted octanol–water partition coefficient (Wildman–Crippen LogP) is 1.77. The lowest BCUT2D eigenvalue weighted by atomic mass is 10.4. The van der Waals surface area contributed by atoms with E-state index in [2.05, 4.69) is 4.98 Å². The molecule has 1 fully saturated rings. The van der Waals surface area contributed by atoms with Gasteiger partial charge in [-0.3, -0.25) is 9.69 Å². The van der Waals surface area contributed by atoms with Crippen LogP contribution < -0.4 is 0 Å². The minimum Gasteiger partial charge on any atom is -0.463 e. The third kappa shape index (κ3) is 3.22. The number of nitrogens with zero attached hydrogens (tertiary/aromatic N) is 2. The number of ether oxygens (including phenoxy) is 1. The normalized spacial score (nSPS) is 17.1. The maximum atomic E-state index is 11.9. The van der Waals surface area contributed by atoms with Crippen LogP contribution in [0.25, 0.3) is 0 Å². The van der Waals surface area contributed by atoms with E-state index < -0.39 is 5.97 Å². The zero-order valence-corrected chi connectivity index (χ0v) is 12.5. The summed E-state index contributed by atoms with van der Waals surface area (Å²) in [6, 6.07) is 0. The van der Waals surface area contributed by atoms with Gasteiger partial charge >= 0.3 is 5.97 Å². The van der Waals surface area contributed by atoms with Crippen LogP contribution in [0.3, 0.4) is 0 Å². The second-order valence-electron chi connectivity index (χ2n) is 4.25. The number of esters is 1. The Balaban J connectivity index is 2.14. The molecule has 0 saturated carbocycles. The largest absolute Gasteiger partial charge is 0.463 e. The Morgan fingerprint density at radius 3 is 2.90 bits per heavy atom. The van der Waals surface area contributed by atoms with Crippen LogP contribution in [0.5, 0.6) is 0 Å². The molecule has 1 aromatic rings. The third-order valence-corrected chi connectivity index (χ3v) is 3.83. The number of hydrogen-bond donors (Lipinski definition) is 0. The van der Waals surface area contributed by atoms with Gasteiger partial charge in [0, 0.05) is 0 Å². The molecule has 1 aliphatic heterocycles. The summed E-state index contributed by atoms with van der Waals surface area (Å²) in [7, 11) is 0. The number of oxazole rings is 1. The quantitative estimate of drug-likeness (QED) is 0.623. The van der Waals surface area contributed by atoms with Crippen LogP contribution in [-0.4, -0.2) is 34.1 Å². The Labute approximate surface area is 121 Å². The Hall–Kier alpha value is -1.76. The van der Waals surface area contributed by atoms with E-state index in [1.165, 1.54) is 22.7 Å². The van der Waals surface area contributed by atoms with Crippen molar-refractivity contribution in [3.05, 3.63) is 28.4 Å². The fraction of sp³-hybridized carbons (Fsp3) is 0.462. The van der Waals surface area contributed by atoms with Gasteiger partial charge in [-0.05, 0) is 20.8 Å². The van der Waals surface area contributed by atoms with Crippen molar-refractivity contribution >= 4 is 23.6 Å². The lowest BCUT2D eigenvalue weighted by Gasteiger charge is -2.14. The van der Waals surface area contributed by atoms with E-state index in [1.54, 1.807) is 6.92 Å². The van der Waals surface area contributed by atoms with E-state index >= 15 is 0 Å². The highest BCUT2D eigenvalue weighted by atomic mass is 32.2. The van der Waals surface area contributed by atoms with Crippen LogP contribution in [0.15, 0.2) is 15.5 Å². The highest BCUT2D eigenvalue weighted by Gasteiger charge is 2.29. The number of hydrogen-bond acceptors (Lipinski definition) is 6. The first-order valence-electron chi connectivity index (χ1n) is 6.25. The van der Waals surface area contributed by atoms with Crippen molar-refractivity contribution in [2.75, 3.05) is 12.4 Å². The number of rotatable bonds is 4. The molecular weight excluding hydrogens is 280 g/mol. The molecule has 0 spiro atoms. The third-order valence-electron chi connectivity index (χ3n) is 2.80. The average Bonchev–Trinajstić information content (AvgIpc) is 2.87. The minimum atomic E-state index is -0.450. The molecule has 0 radical (unpaired) electrons. The van der Waals surface area contributed by atoms with E-state index in [-0.39, 0.29) is 12.5 Å². The van der Waals surface area contributed by atoms with Crippen molar-refractivity contribution in [2.24, 2.45) is 0 Å². The Morgan fingerprint density at radius 1 is 1.55 bits per heavy atom. The first-order chi connectivity index (χ1) is 9.51. The van der Waals surface area contributed by atoms with Crippen molar-refractivity contribution in [1.82, 2.24) is 9.88 Å². The molecule has 0 bridgehead atoms. The number of carbonyl (C=O) groups is 2. The average molecular weight is 296 g/mol. The van der Waals surface area contributed by atoms with Gasteiger partial charge in [-0.25, -0.2) is 9.78 Å². The lowest BCUT2D eigenvalue weighted by Crippen LogP contribution is -2.24. The smallest absolute Gasteiger partial charge is 0.333 e. The molecular formula is C13H16N2O4S. The Kier molecular flexibility index (Phi) is 4.49. The highest BCUT2D eigenvalue weighted by Crippen LogP contribution is 2.30. The van der Waals surface area contributed by atoms with Crippen molar-refractivity contribution in [3.8, 4) is 0 Å². The summed E-state index contributed by atoms with van der Waals surface area (Å²) in [5.74, 6) is 0.985. The summed E-state index contributed by atoms with van der Waals surface area (Å²) in [6.07, 6.45) is 1.34. The van der Waals surface area contributed by atoms with Crippen LogP contribution >= 0.6 is 11.8 Å². The fourth-order valence-electron chi connectivity index (χ4n) is 1.73. The summed E-state index contributed by atoms with van der Waals surface area (Å²) >= 11 is 1.31. The van der Waals surface area contributed by atoms with Crippen LogP contribution in [0.4, 0.5) is 0 Å². The van der Waals surface area contributed by atoms with E-state index in [9.17, 15) is 9.59 Å². The number of aromatic nitrogens is 1. The van der Waals surface area contributed by atoms with Gasteiger partial charge in [-0.2, -0.15) is 0 Å². The number of aryl methyl sites for hydroxylation is 2. The van der Waals surface area contributed by atoms with Gasteiger partial charge in [0.25, 0.3) is 0 Å². The molecule has 1 amide bonds. The molecule has 0 aromatic carbocycles. The molecule has 6 nitrogen and oxygen atoms in total. The summed E-state index contributed by atoms with van der Waals surface area (Å²) in [6.45, 7) is 5.94. The predicted molar refractivity (Wildman–Crippen MR) is 73.7 cm³/mol. The zero-order valence-electron chi connectivity index (χ0n) is 11.6. The van der Waals surface area contributed by atoms with Crippen molar-refractivity contribution in [3.63, 3.8) is 0 Å². The number of carbonyl (C=O) groups excluding carboxylic acids is 2. The van der Waals surface area contributed by atoms with Gasteiger partial charge in [-0.15, -0.1) is 0 Å². The highest BCUT2D eigenvalue weighted by molar-refractivity contribution is 8.04. The van der Waals surface area contributed by atoms with Gasteiger partial charge in [0.15, 0.2) is 0 Å². The lowest BCUT2D eigenvalue weighted by molar-refractivity contribution is -0.137. The van der Waals surface area contributed by atoms with Crippen molar-refractivity contribution in [2.45, 2.75) is 27.3 Å². The van der Waals surface area contributed by atoms with Crippen molar-refractivity contribution < 1.29 is 18.7 Å². The van der Waals surface area contributed by atoms with Gasteiger partial charge < -0.3 is 9.15 Å². The summed E-state index contributed by atoms with van der Waals surface area (Å²) in [5, 5.41) is 0.571. The molecule has 1 saturated heterocycles. The van der Waals surface area contributed by atoms with E-state index in [0.29, 0.717) is 23.3 Å². The van der Waals surface area contributed by atoms with Crippen molar-refractivity contribution in [1.29, 1.82) is 0 Å². The van der Waals surface area contributed by atoms with E-state index in [4.69, 9.17) is 9.15 Å². The van der Waals surface area contributed by atoms with Gasteiger partial charge in [0.1, 0.15) is 12.3 Å². The molecule has 2 rings (SSSR count). The first-order valence-corrected chi connectivity index (χ1v) is 7.24. The van der Waals surface area contributed by atoms with Gasteiger partial charge in [-0.1, -0.05) is 11.8 Å². The topological polar surface area (TPSA) is 72.6 Å². The van der Waals surface area contributed by atoms with Crippen LogP contribution in [0.2, 0.25) is 0 Å². The second kappa shape index (κ2) is 6.13. The maximum Gasteiger partial charge on any atom is 0.333 e. The van der Waals surface area contributed by atoms with E-state index in [0.717, 1.165) is 11.5 Å². The summed E-state index contributed by atoms with van der Waals surface area (Å²) in [4.78, 5) is 29.1. The van der Waals surface area contributed by atoms with Crippen LogP contribution in [-0.2, 0) is 20.9 Å². The fourth-order valence-corrected chi connectivity index (χ4v) is 2.66. The molecule has 2 heterocycles. The second-order valence-corrected chi connectivity index (χ2v) is 5.25.